The molecule has 1 unspecified atom stereocenters. The van der Waals surface area contributed by atoms with Gasteiger partial charge in [0.2, 0.25) is 27.8 Å². The lowest BCUT2D eigenvalue weighted by molar-refractivity contribution is -0.135. The Morgan fingerprint density at radius 3 is 2.37 bits per heavy atom. The minimum absolute atomic E-state index is 0.00428. The van der Waals surface area contributed by atoms with E-state index in [1.165, 1.54) is 10.8 Å². The average molecular weight is 972 g/mol. The molecule has 4 saturated heterocycles. The highest BCUT2D eigenvalue weighted by Gasteiger charge is 2.43. The maximum atomic E-state index is 13.6. The Hall–Kier alpha value is -5.71. The van der Waals surface area contributed by atoms with Gasteiger partial charge in [0, 0.05) is 63.3 Å². The van der Waals surface area contributed by atoms with Crippen LogP contribution in [0.3, 0.4) is 0 Å². The van der Waals surface area contributed by atoms with Crippen LogP contribution in [0, 0.1) is 11.3 Å². The Morgan fingerprint density at radius 1 is 0.940 bits per heavy atom. The zero-order valence-corrected chi connectivity index (χ0v) is 39.8. The number of hydrogen-bond acceptors (Lipinski definition) is 13. The number of nitrogens with one attached hydrogen (secondary N) is 2. The van der Waals surface area contributed by atoms with Crippen molar-refractivity contribution in [2.45, 2.75) is 74.9 Å². The molecule has 2 amide bonds. The van der Waals surface area contributed by atoms with Gasteiger partial charge >= 0.3 is 5.69 Å². The zero-order chi connectivity index (χ0) is 47.2. The summed E-state index contributed by atoms with van der Waals surface area (Å²) in [5.74, 6) is 0.424. The SMILES string of the molecule is Cn1c(=O)n(C2CCC(=O)NC2=O)c2cccc(N3CC(N4CC(N5CCC(S(=O)(=O)Nc6nccc(COc7ccc(C(C)(C)c8cc(Cl)c(OCCCl)c(C#N)c8)cc7)n6)CC5)C4)C3)c21. The smallest absolute Gasteiger partial charge is 0.329 e. The molecule has 352 valence electrons. The van der Waals surface area contributed by atoms with Crippen LogP contribution in [-0.2, 0) is 38.7 Å². The number of rotatable bonds is 15. The van der Waals surface area contributed by atoms with Crippen molar-refractivity contribution in [2.24, 2.45) is 7.05 Å². The number of anilines is 2. The molecular formula is C47H52Cl2N10O7S. The fraction of sp³-hybridized carbons (Fsp3) is 0.447. The highest BCUT2D eigenvalue weighted by Crippen LogP contribution is 2.39. The number of imide groups is 1. The molecule has 4 aliphatic rings. The summed E-state index contributed by atoms with van der Waals surface area (Å²) in [6.45, 7) is 9.21. The maximum Gasteiger partial charge on any atom is 0.329 e. The van der Waals surface area contributed by atoms with Gasteiger partial charge in [0.15, 0.2) is 5.75 Å². The summed E-state index contributed by atoms with van der Waals surface area (Å²) in [7, 11) is -2.03. The third-order valence-electron chi connectivity index (χ3n) is 13.8. The number of hydrogen-bond donors (Lipinski definition) is 2. The van der Waals surface area contributed by atoms with E-state index in [1.54, 1.807) is 29.8 Å². The predicted molar refractivity (Wildman–Crippen MR) is 254 cm³/mol. The van der Waals surface area contributed by atoms with Crippen LogP contribution in [0.25, 0.3) is 11.0 Å². The number of para-hydroxylation sites is 1. The summed E-state index contributed by atoms with van der Waals surface area (Å²) < 4.78 is 44.5. The van der Waals surface area contributed by atoms with Crippen LogP contribution < -0.4 is 30.1 Å². The first-order valence-corrected chi connectivity index (χ1v) is 24.9. The summed E-state index contributed by atoms with van der Waals surface area (Å²) in [6.07, 6.45) is 2.99. The molecule has 0 spiro atoms. The molecule has 20 heteroatoms. The molecule has 2 aromatic heterocycles. The first-order valence-electron chi connectivity index (χ1n) is 22.4. The zero-order valence-electron chi connectivity index (χ0n) is 37.5. The number of likely N-dealkylation sites (tertiary alicyclic amines) is 2. The van der Waals surface area contributed by atoms with Crippen molar-refractivity contribution in [3.8, 4) is 17.6 Å². The summed E-state index contributed by atoms with van der Waals surface area (Å²) in [6, 6.07) is 20.8. The molecule has 0 aliphatic carbocycles. The van der Waals surface area contributed by atoms with Gasteiger partial charge in [0.1, 0.15) is 31.1 Å². The number of nitriles is 1. The molecule has 0 bridgehead atoms. The molecule has 5 aromatic rings. The van der Waals surface area contributed by atoms with Crippen LogP contribution >= 0.6 is 23.2 Å². The summed E-state index contributed by atoms with van der Waals surface area (Å²) >= 11 is 12.3. The average Bonchev–Trinajstić information content (AvgIpc) is 3.54. The number of carbonyl (C=O) groups is 2. The standard InChI is InChI=1S/C47H52Cl2N10O7S/c1-47(2,31-21-29(23-50)43(37(49)22-31)65-20-16-48)30-7-9-35(10-8-30)66-28-32-13-17-51-45(52-32)54-67(63,64)36-14-18-56(19-15-36)33-24-57(25-33)34-26-58(27-34)38-5-4-6-39-42(38)55(3)46(62)59(39)40-11-12-41(60)53-44(40)61/h4-10,13,17,21-22,33-34,36,40H,11-12,14-16,18-20,24-28H2,1-3H3,(H,51,52,54)(H,53,60,61). The van der Waals surface area contributed by atoms with Crippen LogP contribution in [0.15, 0.2) is 71.7 Å². The topological polar surface area (TPSA) is 197 Å². The van der Waals surface area contributed by atoms with E-state index in [0.29, 0.717) is 71.3 Å². The van der Waals surface area contributed by atoms with Gasteiger partial charge in [-0.25, -0.2) is 23.2 Å². The molecule has 0 saturated carbocycles. The van der Waals surface area contributed by atoms with E-state index in [1.807, 2.05) is 56.3 Å². The molecule has 9 rings (SSSR count). The second kappa shape index (κ2) is 18.8. The van der Waals surface area contributed by atoms with Gasteiger partial charge in [0.25, 0.3) is 0 Å². The molecule has 6 heterocycles. The van der Waals surface area contributed by atoms with Crippen LogP contribution in [0.5, 0.6) is 11.5 Å². The molecule has 1 atom stereocenters. The summed E-state index contributed by atoms with van der Waals surface area (Å²) in [5, 5.41) is 11.9. The van der Waals surface area contributed by atoms with Gasteiger partial charge in [-0.2, -0.15) is 5.26 Å². The number of amides is 2. The number of benzene rings is 3. The number of ether oxygens (including phenoxy) is 2. The van der Waals surface area contributed by atoms with Gasteiger partial charge < -0.3 is 14.4 Å². The lowest BCUT2D eigenvalue weighted by atomic mass is 9.77. The number of carbonyl (C=O) groups excluding carboxylic acids is 2. The van der Waals surface area contributed by atoms with E-state index >= 15 is 0 Å². The molecule has 0 radical (unpaired) electrons. The third-order valence-corrected chi connectivity index (χ3v) is 16.0. The van der Waals surface area contributed by atoms with Crippen molar-refractivity contribution in [1.82, 2.24) is 34.2 Å². The molecule has 2 N–H and O–H groups in total. The Morgan fingerprint density at radius 2 is 1.67 bits per heavy atom. The molecular weight excluding hydrogens is 920 g/mol. The van der Waals surface area contributed by atoms with Gasteiger partial charge in [-0.15, -0.1) is 11.6 Å². The monoisotopic (exact) mass is 970 g/mol. The van der Waals surface area contributed by atoms with Crippen LogP contribution in [0.1, 0.15) is 68.0 Å². The van der Waals surface area contributed by atoms with Crippen molar-refractivity contribution < 1.29 is 27.5 Å². The Bertz CT molecular complexity index is 2920. The van der Waals surface area contributed by atoms with Crippen LogP contribution in [-0.4, -0.2) is 118 Å². The molecule has 17 nitrogen and oxygen atoms in total. The number of imidazole rings is 1. The highest BCUT2D eigenvalue weighted by molar-refractivity contribution is 7.93. The highest BCUT2D eigenvalue weighted by atomic mass is 35.5. The first kappa shape index (κ1) is 46.4. The molecule has 4 aliphatic heterocycles. The number of sulfonamides is 1. The van der Waals surface area contributed by atoms with Crippen molar-refractivity contribution in [3.05, 3.63) is 105 Å². The van der Waals surface area contributed by atoms with E-state index in [4.69, 9.17) is 32.7 Å². The Labute approximate surface area is 398 Å². The molecule has 67 heavy (non-hydrogen) atoms. The van der Waals surface area contributed by atoms with Crippen molar-refractivity contribution >= 4 is 67.7 Å². The van der Waals surface area contributed by atoms with Gasteiger partial charge in [0.05, 0.1) is 44.1 Å². The Balaban J connectivity index is 0.735. The lowest BCUT2D eigenvalue weighted by Crippen LogP contribution is -2.70. The first-order chi connectivity index (χ1) is 32.1. The van der Waals surface area contributed by atoms with E-state index in [0.717, 1.165) is 48.5 Å². The van der Waals surface area contributed by atoms with Gasteiger partial charge in [-0.3, -0.25) is 38.6 Å². The second-order valence-corrected chi connectivity index (χ2v) is 20.9. The summed E-state index contributed by atoms with van der Waals surface area (Å²) in [5.41, 5.74) is 4.27. The summed E-state index contributed by atoms with van der Waals surface area (Å²) in [4.78, 5) is 53.7. The number of piperidine rings is 2. The lowest BCUT2D eigenvalue weighted by Gasteiger charge is -2.55. The van der Waals surface area contributed by atoms with E-state index in [9.17, 15) is 28.1 Å². The Kier molecular flexibility index (Phi) is 13.0. The number of fused-ring (bicyclic) bond motifs is 1. The van der Waals surface area contributed by atoms with E-state index in [2.05, 4.69) is 40.8 Å². The minimum atomic E-state index is -3.75. The van der Waals surface area contributed by atoms with E-state index < -0.39 is 32.6 Å². The van der Waals surface area contributed by atoms with Crippen LogP contribution in [0.2, 0.25) is 5.02 Å². The number of nitrogens with zero attached hydrogens (tertiary/aromatic N) is 8. The number of aryl methyl sites for hydroxylation is 1. The number of alkyl halides is 1. The molecule has 4 fully saturated rings. The fourth-order valence-electron chi connectivity index (χ4n) is 9.71. The molecule has 3 aromatic carbocycles. The largest absolute Gasteiger partial charge is 0.489 e. The van der Waals surface area contributed by atoms with Crippen molar-refractivity contribution in [1.29, 1.82) is 5.26 Å². The fourth-order valence-corrected chi connectivity index (χ4v) is 11.4. The number of halogens is 2. The van der Waals surface area contributed by atoms with Crippen molar-refractivity contribution in [2.75, 3.05) is 61.4 Å². The van der Waals surface area contributed by atoms with Crippen molar-refractivity contribution in [3.63, 3.8) is 0 Å². The predicted octanol–water partition coefficient (Wildman–Crippen LogP) is 4.93. The second-order valence-electron chi connectivity index (χ2n) is 18.2. The quantitative estimate of drug-likeness (QED) is 0.106. The number of aromatic nitrogens is 4. The van der Waals surface area contributed by atoms with Gasteiger partial charge in [-0.1, -0.05) is 43.6 Å². The van der Waals surface area contributed by atoms with Crippen LogP contribution in [0.4, 0.5) is 11.6 Å². The maximum absolute atomic E-state index is 13.6. The normalized spacial score (nSPS) is 19.2. The van der Waals surface area contributed by atoms with E-state index in [-0.39, 0.29) is 49.5 Å². The van der Waals surface area contributed by atoms with Gasteiger partial charge in [-0.05, 0) is 85.9 Å². The minimum Gasteiger partial charge on any atom is -0.489 e. The third kappa shape index (κ3) is 9.19.